The molecule has 1 aromatic carbocycles. The lowest BCUT2D eigenvalue weighted by Crippen LogP contribution is -2.19. The normalized spacial score (nSPS) is 14.8. The highest BCUT2D eigenvalue weighted by atomic mass is 35.5. The molecule has 2 rings (SSSR count). The van der Waals surface area contributed by atoms with Crippen LogP contribution in [0.4, 0.5) is 0 Å². The van der Waals surface area contributed by atoms with Gasteiger partial charge in [-0.2, -0.15) is 0 Å². The Morgan fingerprint density at radius 1 is 1.31 bits per heavy atom. The van der Waals surface area contributed by atoms with E-state index in [1.807, 2.05) is 11.8 Å². The lowest BCUT2D eigenvalue weighted by Gasteiger charge is -2.16. The third-order valence-corrected chi connectivity index (χ3v) is 4.23. The zero-order valence-corrected chi connectivity index (χ0v) is 11.0. The Bertz CT molecular complexity index is 341. The summed E-state index contributed by atoms with van der Waals surface area (Å²) >= 11 is 7.61. The van der Waals surface area contributed by atoms with E-state index in [0.717, 1.165) is 19.5 Å². The molecule has 0 aliphatic carbocycles. The molecule has 0 spiro atoms. The quantitative estimate of drug-likeness (QED) is 0.641. The lowest BCUT2D eigenvalue weighted by molar-refractivity contribution is 0.718. The Morgan fingerprint density at radius 2 is 2.25 bits per heavy atom. The molecule has 0 saturated carbocycles. The Labute approximate surface area is 107 Å². The van der Waals surface area contributed by atoms with Crippen molar-refractivity contribution in [3.8, 4) is 0 Å². The fraction of sp³-hybridized carbons (Fsp3) is 0.538. The van der Waals surface area contributed by atoms with Crippen LogP contribution in [0.3, 0.4) is 0 Å². The number of nitrogens with one attached hydrogen (secondary N) is 1. The first kappa shape index (κ1) is 12.3. The van der Waals surface area contributed by atoms with E-state index >= 15 is 0 Å². The molecular weight excluding hydrogens is 238 g/mol. The minimum atomic E-state index is 0.695. The SMILES string of the molecule is ClCCNCCc1ccc2c(c1)CCCS2. The van der Waals surface area contributed by atoms with Gasteiger partial charge in [0.2, 0.25) is 0 Å². The molecule has 3 heteroatoms. The van der Waals surface area contributed by atoms with Crippen LogP contribution in [-0.4, -0.2) is 24.7 Å². The van der Waals surface area contributed by atoms with Crippen LogP contribution in [0.25, 0.3) is 0 Å². The second-order valence-corrected chi connectivity index (χ2v) is 5.60. The van der Waals surface area contributed by atoms with Gasteiger partial charge in [-0.3, -0.25) is 0 Å². The largest absolute Gasteiger partial charge is 0.315 e. The van der Waals surface area contributed by atoms with E-state index in [1.54, 1.807) is 5.56 Å². The predicted molar refractivity (Wildman–Crippen MR) is 72.8 cm³/mol. The second kappa shape index (κ2) is 6.53. The number of alkyl halides is 1. The van der Waals surface area contributed by atoms with Crippen molar-refractivity contribution in [2.75, 3.05) is 24.7 Å². The Kier molecular flexibility index (Phi) is 5.01. The van der Waals surface area contributed by atoms with Gasteiger partial charge in [-0.1, -0.05) is 12.1 Å². The van der Waals surface area contributed by atoms with Gasteiger partial charge in [0.1, 0.15) is 0 Å². The average molecular weight is 256 g/mol. The molecule has 88 valence electrons. The highest BCUT2D eigenvalue weighted by molar-refractivity contribution is 7.99. The molecular formula is C13H18ClNS. The molecule has 0 saturated heterocycles. The van der Waals surface area contributed by atoms with E-state index in [-0.39, 0.29) is 0 Å². The van der Waals surface area contributed by atoms with Crippen molar-refractivity contribution in [3.63, 3.8) is 0 Å². The van der Waals surface area contributed by atoms with Crippen molar-refractivity contribution in [1.82, 2.24) is 5.32 Å². The van der Waals surface area contributed by atoms with Gasteiger partial charge in [-0.05, 0) is 48.8 Å². The molecule has 0 aromatic heterocycles. The molecule has 1 aromatic rings. The van der Waals surface area contributed by atoms with Crippen molar-refractivity contribution < 1.29 is 0 Å². The first-order valence-electron chi connectivity index (χ1n) is 5.91. The number of hydrogen-bond donors (Lipinski definition) is 1. The molecule has 16 heavy (non-hydrogen) atoms. The summed E-state index contributed by atoms with van der Waals surface area (Å²) in [5.74, 6) is 1.98. The second-order valence-electron chi connectivity index (χ2n) is 4.08. The number of hydrogen-bond acceptors (Lipinski definition) is 2. The summed E-state index contributed by atoms with van der Waals surface area (Å²) in [6, 6.07) is 6.93. The minimum absolute atomic E-state index is 0.695. The van der Waals surface area contributed by atoms with E-state index in [9.17, 15) is 0 Å². The van der Waals surface area contributed by atoms with Crippen molar-refractivity contribution >= 4 is 23.4 Å². The zero-order chi connectivity index (χ0) is 11.2. The van der Waals surface area contributed by atoms with E-state index in [1.165, 1.54) is 29.1 Å². The maximum atomic E-state index is 5.61. The van der Waals surface area contributed by atoms with Crippen LogP contribution < -0.4 is 5.32 Å². The molecule has 1 heterocycles. The molecule has 0 atom stereocenters. The van der Waals surface area contributed by atoms with Crippen LogP contribution in [0.1, 0.15) is 17.5 Å². The third kappa shape index (κ3) is 3.41. The number of fused-ring (bicyclic) bond motifs is 1. The number of aryl methyl sites for hydroxylation is 1. The van der Waals surface area contributed by atoms with E-state index in [0.29, 0.717) is 5.88 Å². The summed E-state index contributed by atoms with van der Waals surface area (Å²) in [5, 5.41) is 3.33. The predicted octanol–water partition coefficient (Wildman–Crippen LogP) is 3.10. The van der Waals surface area contributed by atoms with Gasteiger partial charge in [0.05, 0.1) is 0 Å². The third-order valence-electron chi connectivity index (χ3n) is 2.83. The molecule has 0 unspecified atom stereocenters. The summed E-state index contributed by atoms with van der Waals surface area (Å²) in [5.41, 5.74) is 2.99. The first-order valence-corrected chi connectivity index (χ1v) is 7.43. The van der Waals surface area contributed by atoms with Crippen LogP contribution >= 0.6 is 23.4 Å². The van der Waals surface area contributed by atoms with E-state index in [2.05, 4.69) is 23.5 Å². The summed E-state index contributed by atoms with van der Waals surface area (Å²) in [4.78, 5) is 1.49. The minimum Gasteiger partial charge on any atom is -0.315 e. The average Bonchev–Trinajstić information content (AvgIpc) is 2.34. The van der Waals surface area contributed by atoms with Crippen molar-refractivity contribution in [1.29, 1.82) is 0 Å². The maximum Gasteiger partial charge on any atom is 0.0348 e. The summed E-state index contributed by atoms with van der Waals surface area (Å²) < 4.78 is 0. The van der Waals surface area contributed by atoms with Gasteiger partial charge >= 0.3 is 0 Å². The number of halogens is 1. The standard InChI is InChI=1S/C13H18ClNS/c14-6-8-15-7-5-11-3-4-13-12(10-11)2-1-9-16-13/h3-4,10,15H,1-2,5-9H2. The summed E-state index contributed by atoms with van der Waals surface area (Å²) in [6.07, 6.45) is 3.69. The zero-order valence-electron chi connectivity index (χ0n) is 9.47. The van der Waals surface area contributed by atoms with Gasteiger partial charge in [0.15, 0.2) is 0 Å². The Balaban J connectivity index is 1.90. The van der Waals surface area contributed by atoms with Crippen molar-refractivity contribution in [2.24, 2.45) is 0 Å². The van der Waals surface area contributed by atoms with Gasteiger partial charge in [0.25, 0.3) is 0 Å². The van der Waals surface area contributed by atoms with Gasteiger partial charge < -0.3 is 5.32 Å². The van der Waals surface area contributed by atoms with Gasteiger partial charge in [-0.15, -0.1) is 23.4 Å². The molecule has 0 bridgehead atoms. The van der Waals surface area contributed by atoms with Crippen molar-refractivity contribution in [2.45, 2.75) is 24.2 Å². The Morgan fingerprint density at radius 3 is 3.12 bits per heavy atom. The van der Waals surface area contributed by atoms with Crippen LogP contribution in [0, 0.1) is 0 Å². The van der Waals surface area contributed by atoms with Crippen LogP contribution in [0.15, 0.2) is 23.1 Å². The van der Waals surface area contributed by atoms with Crippen LogP contribution in [0.5, 0.6) is 0 Å². The van der Waals surface area contributed by atoms with E-state index < -0.39 is 0 Å². The van der Waals surface area contributed by atoms with Crippen LogP contribution in [0.2, 0.25) is 0 Å². The molecule has 1 nitrogen and oxygen atoms in total. The maximum absolute atomic E-state index is 5.61. The lowest BCUT2D eigenvalue weighted by atomic mass is 10.0. The monoisotopic (exact) mass is 255 g/mol. The smallest absolute Gasteiger partial charge is 0.0348 e. The topological polar surface area (TPSA) is 12.0 Å². The number of benzene rings is 1. The van der Waals surface area contributed by atoms with Gasteiger partial charge in [0, 0.05) is 17.3 Å². The molecule has 0 amide bonds. The molecule has 0 radical (unpaired) electrons. The molecule has 1 aliphatic heterocycles. The van der Waals surface area contributed by atoms with E-state index in [4.69, 9.17) is 11.6 Å². The summed E-state index contributed by atoms with van der Waals surface area (Å²) in [6.45, 7) is 1.93. The first-order chi connectivity index (χ1) is 7.90. The Hall–Kier alpha value is -0.180. The van der Waals surface area contributed by atoms with Crippen molar-refractivity contribution in [3.05, 3.63) is 29.3 Å². The van der Waals surface area contributed by atoms with Gasteiger partial charge in [-0.25, -0.2) is 0 Å². The number of thioether (sulfide) groups is 1. The molecule has 1 N–H and O–H groups in total. The molecule has 1 aliphatic rings. The highest BCUT2D eigenvalue weighted by Gasteiger charge is 2.09. The fourth-order valence-corrected chi connectivity index (χ4v) is 3.15. The fourth-order valence-electron chi connectivity index (χ4n) is 1.99. The number of rotatable bonds is 5. The van der Waals surface area contributed by atoms with Crippen LogP contribution in [-0.2, 0) is 12.8 Å². The summed E-state index contributed by atoms with van der Waals surface area (Å²) in [7, 11) is 0. The highest BCUT2D eigenvalue weighted by Crippen LogP contribution is 2.30. The molecule has 0 fully saturated rings.